The normalized spacial score (nSPS) is 17.3. The van der Waals surface area contributed by atoms with Crippen LogP contribution >= 0.6 is 0 Å². The first kappa shape index (κ1) is 13.7. The largest absolute Gasteiger partial charge is 0.497 e. The van der Waals surface area contributed by atoms with E-state index in [1.165, 1.54) is 19.2 Å². The molecule has 3 nitrogen and oxygen atoms in total. The maximum Gasteiger partial charge on any atom is 0.264 e. The lowest BCUT2D eigenvalue weighted by Gasteiger charge is -2.26. The minimum atomic E-state index is -2.60. The van der Waals surface area contributed by atoms with Crippen molar-refractivity contribution < 1.29 is 18.3 Å². The van der Waals surface area contributed by atoms with Crippen LogP contribution in [0, 0.1) is 0 Å². The molecular formula is C14H15F2NO2. The minimum Gasteiger partial charge on any atom is -0.497 e. The number of methoxy groups -OCH3 is 1. The molecule has 1 saturated carbocycles. The molecule has 0 atom stereocenters. The highest BCUT2D eigenvalue weighted by Crippen LogP contribution is 2.46. The van der Waals surface area contributed by atoms with E-state index in [1.807, 2.05) is 0 Å². The van der Waals surface area contributed by atoms with E-state index in [0.717, 1.165) is 12.8 Å². The van der Waals surface area contributed by atoms with E-state index in [9.17, 15) is 13.6 Å². The van der Waals surface area contributed by atoms with Crippen LogP contribution in [0.15, 0.2) is 23.2 Å². The predicted octanol–water partition coefficient (Wildman–Crippen LogP) is 3.74. The second-order valence-electron chi connectivity index (χ2n) is 4.70. The van der Waals surface area contributed by atoms with E-state index >= 15 is 0 Å². The first-order valence-electron chi connectivity index (χ1n) is 6.18. The third kappa shape index (κ3) is 2.51. The Labute approximate surface area is 110 Å². The smallest absolute Gasteiger partial charge is 0.264 e. The van der Waals surface area contributed by atoms with Gasteiger partial charge in [0.05, 0.1) is 12.6 Å². The second kappa shape index (κ2) is 5.49. The number of alkyl halides is 2. The molecule has 1 aromatic rings. The van der Waals surface area contributed by atoms with Gasteiger partial charge in [-0.3, -0.25) is 0 Å². The van der Waals surface area contributed by atoms with Crippen LogP contribution in [0.4, 0.5) is 8.78 Å². The van der Waals surface area contributed by atoms with Crippen LogP contribution in [0.5, 0.6) is 5.75 Å². The van der Waals surface area contributed by atoms with Gasteiger partial charge in [0.2, 0.25) is 6.08 Å². The zero-order valence-corrected chi connectivity index (χ0v) is 10.7. The fourth-order valence-corrected chi connectivity index (χ4v) is 2.74. The van der Waals surface area contributed by atoms with E-state index in [2.05, 4.69) is 4.99 Å². The molecule has 0 N–H and O–H groups in total. The Hall–Kier alpha value is -1.74. The van der Waals surface area contributed by atoms with Crippen molar-refractivity contribution in [1.82, 2.24) is 0 Å². The predicted molar refractivity (Wildman–Crippen MR) is 66.2 cm³/mol. The first-order valence-corrected chi connectivity index (χ1v) is 6.18. The molecule has 0 unspecified atom stereocenters. The quantitative estimate of drug-likeness (QED) is 0.615. The van der Waals surface area contributed by atoms with Gasteiger partial charge in [0.15, 0.2) is 0 Å². The standard InChI is InChI=1S/C14H15F2NO2/c1-19-10-4-5-11(13(15)16)12(8-10)14(17-9-18)6-2-3-7-14/h4-5,8,13H,2-3,6-7H2,1H3. The van der Waals surface area contributed by atoms with Crippen LogP contribution in [0.1, 0.15) is 43.2 Å². The number of isocyanates is 1. The zero-order valence-electron chi connectivity index (χ0n) is 10.7. The van der Waals surface area contributed by atoms with Crippen LogP contribution in [-0.4, -0.2) is 13.2 Å². The average Bonchev–Trinajstić information content (AvgIpc) is 2.88. The van der Waals surface area contributed by atoms with Gasteiger partial charge in [0.1, 0.15) is 5.75 Å². The Balaban J connectivity index is 2.59. The summed E-state index contributed by atoms with van der Waals surface area (Å²) in [4.78, 5) is 14.5. The van der Waals surface area contributed by atoms with Gasteiger partial charge in [-0.1, -0.05) is 12.8 Å². The van der Waals surface area contributed by atoms with Gasteiger partial charge in [-0.15, -0.1) is 0 Å². The number of nitrogens with zero attached hydrogens (tertiary/aromatic N) is 1. The van der Waals surface area contributed by atoms with Crippen LogP contribution in [0.3, 0.4) is 0 Å². The van der Waals surface area contributed by atoms with Crippen LogP contribution in [0.25, 0.3) is 0 Å². The molecule has 1 aliphatic rings. The van der Waals surface area contributed by atoms with Crippen LogP contribution < -0.4 is 4.74 Å². The fraction of sp³-hybridized carbons (Fsp3) is 0.500. The first-order chi connectivity index (χ1) is 9.13. The molecule has 0 bridgehead atoms. The van der Waals surface area contributed by atoms with E-state index < -0.39 is 12.0 Å². The summed E-state index contributed by atoms with van der Waals surface area (Å²) in [5.41, 5.74) is -0.549. The summed E-state index contributed by atoms with van der Waals surface area (Å²) in [6, 6.07) is 4.41. The van der Waals surface area contributed by atoms with Crippen molar-refractivity contribution in [2.24, 2.45) is 4.99 Å². The molecule has 1 fully saturated rings. The summed E-state index contributed by atoms with van der Waals surface area (Å²) in [6.07, 6.45) is 1.86. The van der Waals surface area contributed by atoms with Crippen molar-refractivity contribution in [2.45, 2.75) is 37.6 Å². The van der Waals surface area contributed by atoms with Gasteiger partial charge < -0.3 is 4.74 Å². The molecule has 1 aliphatic carbocycles. The third-order valence-corrected chi connectivity index (χ3v) is 3.69. The van der Waals surface area contributed by atoms with Gasteiger partial charge in [0, 0.05) is 5.56 Å². The summed E-state index contributed by atoms with van der Waals surface area (Å²) in [7, 11) is 1.48. The van der Waals surface area contributed by atoms with Crippen molar-refractivity contribution in [1.29, 1.82) is 0 Å². The monoisotopic (exact) mass is 267 g/mol. The number of hydrogen-bond donors (Lipinski definition) is 0. The molecule has 0 saturated heterocycles. The summed E-state index contributed by atoms with van der Waals surface area (Å²) >= 11 is 0. The molecular weight excluding hydrogens is 252 g/mol. The highest BCUT2D eigenvalue weighted by atomic mass is 19.3. The Morgan fingerprint density at radius 1 is 1.37 bits per heavy atom. The van der Waals surface area contributed by atoms with Gasteiger partial charge in [-0.25, -0.2) is 13.6 Å². The maximum absolute atomic E-state index is 13.1. The summed E-state index contributed by atoms with van der Waals surface area (Å²) < 4.78 is 31.4. The minimum absolute atomic E-state index is 0.0818. The number of carbonyl (C=O) groups excluding carboxylic acids is 1. The molecule has 2 rings (SSSR count). The van der Waals surface area contributed by atoms with Crippen LogP contribution in [0.2, 0.25) is 0 Å². The molecule has 0 radical (unpaired) electrons. The Bertz CT molecular complexity index is 504. The van der Waals surface area contributed by atoms with Crippen molar-refractivity contribution in [2.75, 3.05) is 7.11 Å². The molecule has 102 valence electrons. The Morgan fingerprint density at radius 2 is 2.05 bits per heavy atom. The number of rotatable bonds is 4. The number of halogens is 2. The van der Waals surface area contributed by atoms with E-state index in [0.29, 0.717) is 24.2 Å². The molecule has 0 amide bonds. The summed E-state index contributed by atoms with van der Waals surface area (Å²) in [6.45, 7) is 0. The second-order valence-corrected chi connectivity index (χ2v) is 4.70. The van der Waals surface area contributed by atoms with Gasteiger partial charge in [0.25, 0.3) is 6.43 Å². The third-order valence-electron chi connectivity index (χ3n) is 3.69. The number of benzene rings is 1. The maximum atomic E-state index is 13.1. The molecule has 1 aromatic carbocycles. The lowest BCUT2D eigenvalue weighted by atomic mass is 9.85. The highest BCUT2D eigenvalue weighted by Gasteiger charge is 2.39. The van der Waals surface area contributed by atoms with Gasteiger partial charge in [-0.05, 0) is 36.6 Å². The van der Waals surface area contributed by atoms with E-state index in [1.54, 1.807) is 12.1 Å². The zero-order chi connectivity index (χ0) is 13.9. The molecule has 0 aliphatic heterocycles. The topological polar surface area (TPSA) is 38.7 Å². The highest BCUT2D eigenvalue weighted by molar-refractivity contribution is 5.45. The average molecular weight is 267 g/mol. The Morgan fingerprint density at radius 3 is 2.58 bits per heavy atom. The van der Waals surface area contributed by atoms with E-state index in [-0.39, 0.29) is 5.56 Å². The van der Waals surface area contributed by atoms with Crippen molar-refractivity contribution in [3.63, 3.8) is 0 Å². The van der Waals surface area contributed by atoms with Crippen molar-refractivity contribution in [3.8, 4) is 5.75 Å². The molecule has 19 heavy (non-hydrogen) atoms. The SMILES string of the molecule is COc1ccc(C(F)F)c(C2(N=C=O)CCCC2)c1. The number of ether oxygens (including phenoxy) is 1. The number of aliphatic imine (C=N–C) groups is 1. The van der Waals surface area contributed by atoms with Gasteiger partial charge in [-0.2, -0.15) is 4.99 Å². The number of hydrogen-bond acceptors (Lipinski definition) is 3. The lowest BCUT2D eigenvalue weighted by Crippen LogP contribution is -2.21. The summed E-state index contributed by atoms with van der Waals surface area (Å²) in [5, 5.41) is 0. The molecule has 0 heterocycles. The van der Waals surface area contributed by atoms with E-state index in [4.69, 9.17) is 4.74 Å². The molecule has 0 spiro atoms. The molecule has 5 heteroatoms. The molecule has 0 aromatic heterocycles. The van der Waals surface area contributed by atoms with Gasteiger partial charge >= 0.3 is 0 Å². The Kier molecular flexibility index (Phi) is 3.96. The van der Waals surface area contributed by atoms with Crippen LogP contribution in [-0.2, 0) is 10.3 Å². The lowest BCUT2D eigenvalue weighted by molar-refractivity contribution is 0.148. The van der Waals surface area contributed by atoms with Crippen molar-refractivity contribution >= 4 is 6.08 Å². The fourth-order valence-electron chi connectivity index (χ4n) is 2.74. The van der Waals surface area contributed by atoms with Crippen molar-refractivity contribution in [3.05, 3.63) is 29.3 Å². The summed E-state index contributed by atoms with van der Waals surface area (Å²) in [5.74, 6) is 0.492.